The van der Waals surface area contributed by atoms with Crippen LogP contribution in [0.4, 0.5) is 0 Å². The van der Waals surface area contributed by atoms with Gasteiger partial charge in [-0.25, -0.2) is 4.79 Å². The van der Waals surface area contributed by atoms with Crippen molar-refractivity contribution in [3.05, 3.63) is 68.5 Å². The van der Waals surface area contributed by atoms with E-state index in [9.17, 15) is 14.4 Å². The zero-order valence-corrected chi connectivity index (χ0v) is 15.6. The van der Waals surface area contributed by atoms with Crippen LogP contribution in [0.5, 0.6) is 0 Å². The van der Waals surface area contributed by atoms with Gasteiger partial charge in [-0.15, -0.1) is 0 Å². The van der Waals surface area contributed by atoms with Crippen LogP contribution in [-0.2, 0) is 17.9 Å². The standard InChI is InChI=1S/C20H26N4O3/c1-15-4-2-3-5-17(15)14-23-9-6-16(13-23)12-21-18(25)7-10-24-11-8-19(26)22-20(24)27/h2-5,8,11,16H,6-7,9-10,12-14H2,1H3,(H,21,25)(H,22,26,27)/t16-/m1/s1. The Balaban J connectivity index is 1.40. The predicted octanol–water partition coefficient (Wildman–Crippen LogP) is 0.873. The number of carbonyl (C=O) groups excluding carboxylic acids is 1. The zero-order valence-electron chi connectivity index (χ0n) is 15.6. The van der Waals surface area contributed by atoms with Gasteiger partial charge in [0.15, 0.2) is 0 Å². The molecule has 1 aliphatic heterocycles. The maximum Gasteiger partial charge on any atom is 0.328 e. The van der Waals surface area contributed by atoms with Crippen molar-refractivity contribution >= 4 is 5.91 Å². The van der Waals surface area contributed by atoms with E-state index in [4.69, 9.17) is 0 Å². The van der Waals surface area contributed by atoms with E-state index in [1.165, 1.54) is 28.0 Å². The highest BCUT2D eigenvalue weighted by Crippen LogP contribution is 2.19. The molecule has 1 aromatic carbocycles. The van der Waals surface area contributed by atoms with Gasteiger partial charge in [-0.2, -0.15) is 0 Å². The number of aryl methyl sites for hydroxylation is 2. The summed E-state index contributed by atoms with van der Waals surface area (Å²) >= 11 is 0. The lowest BCUT2D eigenvalue weighted by Crippen LogP contribution is -2.33. The van der Waals surface area contributed by atoms with Crippen LogP contribution in [0.15, 0.2) is 46.1 Å². The van der Waals surface area contributed by atoms with Gasteiger partial charge >= 0.3 is 5.69 Å². The quantitative estimate of drug-likeness (QED) is 0.757. The molecule has 7 heteroatoms. The highest BCUT2D eigenvalue weighted by Gasteiger charge is 2.23. The van der Waals surface area contributed by atoms with Crippen molar-refractivity contribution in [2.24, 2.45) is 5.92 Å². The second-order valence-electron chi connectivity index (χ2n) is 7.17. The van der Waals surface area contributed by atoms with Crippen molar-refractivity contribution in [1.29, 1.82) is 0 Å². The van der Waals surface area contributed by atoms with Crippen LogP contribution in [0, 0.1) is 12.8 Å². The lowest BCUT2D eigenvalue weighted by molar-refractivity contribution is -0.121. The van der Waals surface area contributed by atoms with E-state index in [-0.39, 0.29) is 18.9 Å². The summed E-state index contributed by atoms with van der Waals surface area (Å²) in [7, 11) is 0. The van der Waals surface area contributed by atoms with Crippen LogP contribution >= 0.6 is 0 Å². The van der Waals surface area contributed by atoms with Crippen molar-refractivity contribution in [2.45, 2.75) is 32.9 Å². The maximum atomic E-state index is 12.1. The topological polar surface area (TPSA) is 87.2 Å². The van der Waals surface area contributed by atoms with E-state index in [2.05, 4.69) is 46.4 Å². The molecule has 1 aliphatic rings. The van der Waals surface area contributed by atoms with E-state index in [0.717, 1.165) is 26.1 Å². The fraction of sp³-hybridized carbons (Fsp3) is 0.450. The Labute approximate surface area is 158 Å². The molecule has 1 fully saturated rings. The van der Waals surface area contributed by atoms with Gasteiger partial charge in [0.05, 0.1) is 0 Å². The normalized spacial score (nSPS) is 17.1. The molecule has 1 atom stereocenters. The number of aromatic amines is 1. The van der Waals surface area contributed by atoms with Crippen molar-refractivity contribution in [3.8, 4) is 0 Å². The van der Waals surface area contributed by atoms with Crippen molar-refractivity contribution in [2.75, 3.05) is 19.6 Å². The van der Waals surface area contributed by atoms with Crippen LogP contribution in [-0.4, -0.2) is 40.0 Å². The molecule has 0 radical (unpaired) electrons. The maximum absolute atomic E-state index is 12.1. The number of aromatic nitrogens is 2. The Morgan fingerprint density at radius 2 is 2.07 bits per heavy atom. The highest BCUT2D eigenvalue weighted by molar-refractivity contribution is 5.75. The van der Waals surface area contributed by atoms with E-state index < -0.39 is 11.2 Å². The first-order chi connectivity index (χ1) is 13.0. The molecule has 2 heterocycles. The van der Waals surface area contributed by atoms with E-state index in [1.54, 1.807) is 0 Å². The molecule has 3 rings (SSSR count). The SMILES string of the molecule is Cc1ccccc1CN1CC[C@H](CNC(=O)CCn2ccc(=O)[nH]c2=O)C1. The van der Waals surface area contributed by atoms with Gasteiger partial charge in [-0.1, -0.05) is 24.3 Å². The molecule has 2 aromatic rings. The molecule has 1 aromatic heterocycles. The summed E-state index contributed by atoms with van der Waals surface area (Å²) in [5.41, 5.74) is 1.75. The Kier molecular flexibility index (Phi) is 6.24. The molecule has 0 aliphatic carbocycles. The summed E-state index contributed by atoms with van der Waals surface area (Å²) in [5, 5.41) is 2.97. The molecule has 0 unspecified atom stereocenters. The number of H-pyrrole nitrogens is 1. The molecule has 7 nitrogen and oxygen atoms in total. The molecule has 0 saturated carbocycles. The van der Waals surface area contributed by atoms with Gasteiger partial charge in [0, 0.05) is 44.9 Å². The Hall–Kier alpha value is -2.67. The van der Waals surface area contributed by atoms with Crippen LogP contribution in [0.2, 0.25) is 0 Å². The number of hydrogen-bond donors (Lipinski definition) is 2. The van der Waals surface area contributed by atoms with E-state index in [0.29, 0.717) is 12.5 Å². The minimum absolute atomic E-state index is 0.0783. The van der Waals surface area contributed by atoms with E-state index >= 15 is 0 Å². The molecule has 1 amide bonds. The van der Waals surface area contributed by atoms with Crippen molar-refractivity contribution in [1.82, 2.24) is 19.8 Å². The predicted molar refractivity (Wildman–Crippen MR) is 104 cm³/mol. The number of amides is 1. The van der Waals surface area contributed by atoms with Gasteiger partial charge in [0.1, 0.15) is 0 Å². The van der Waals surface area contributed by atoms with Crippen molar-refractivity contribution < 1.29 is 4.79 Å². The average molecular weight is 370 g/mol. The number of likely N-dealkylation sites (tertiary alicyclic amines) is 1. The average Bonchev–Trinajstić information content (AvgIpc) is 3.09. The molecule has 144 valence electrons. The number of nitrogens with zero attached hydrogens (tertiary/aromatic N) is 2. The summed E-state index contributed by atoms with van der Waals surface area (Å²) < 4.78 is 1.33. The van der Waals surface area contributed by atoms with E-state index in [1.807, 2.05) is 0 Å². The van der Waals surface area contributed by atoms with Crippen molar-refractivity contribution in [3.63, 3.8) is 0 Å². The molecule has 2 N–H and O–H groups in total. The molecule has 0 spiro atoms. The van der Waals surface area contributed by atoms with Gasteiger partial charge in [0.2, 0.25) is 5.91 Å². The zero-order chi connectivity index (χ0) is 19.2. The molecular weight excluding hydrogens is 344 g/mol. The third kappa shape index (κ3) is 5.40. The third-order valence-corrected chi connectivity index (χ3v) is 5.09. The largest absolute Gasteiger partial charge is 0.356 e. The Bertz CT molecular complexity index is 902. The minimum Gasteiger partial charge on any atom is -0.356 e. The highest BCUT2D eigenvalue weighted by atomic mass is 16.2. The Morgan fingerprint density at radius 3 is 2.85 bits per heavy atom. The van der Waals surface area contributed by atoms with Crippen LogP contribution < -0.4 is 16.6 Å². The second kappa shape index (κ2) is 8.81. The van der Waals surface area contributed by atoms with Gasteiger partial charge < -0.3 is 9.88 Å². The summed E-state index contributed by atoms with van der Waals surface area (Å²) in [5.74, 6) is 0.374. The number of rotatable bonds is 7. The number of benzene rings is 1. The van der Waals surface area contributed by atoms with Gasteiger partial charge in [0.25, 0.3) is 5.56 Å². The first kappa shape index (κ1) is 19.1. The van der Waals surface area contributed by atoms with Crippen LogP contribution in [0.25, 0.3) is 0 Å². The monoisotopic (exact) mass is 370 g/mol. The van der Waals surface area contributed by atoms with Crippen LogP contribution in [0.1, 0.15) is 24.0 Å². The smallest absolute Gasteiger partial charge is 0.328 e. The first-order valence-corrected chi connectivity index (χ1v) is 9.34. The molecular formula is C20H26N4O3. The summed E-state index contributed by atoms with van der Waals surface area (Å²) in [6.07, 6.45) is 2.70. The summed E-state index contributed by atoms with van der Waals surface area (Å²) in [6.45, 7) is 6.02. The Morgan fingerprint density at radius 1 is 1.26 bits per heavy atom. The number of nitrogens with one attached hydrogen (secondary N) is 2. The minimum atomic E-state index is -0.488. The molecule has 1 saturated heterocycles. The van der Waals surface area contributed by atoms with Gasteiger partial charge in [-0.3, -0.25) is 19.5 Å². The molecule has 27 heavy (non-hydrogen) atoms. The summed E-state index contributed by atoms with van der Waals surface area (Å²) in [4.78, 5) is 39.3. The molecule has 0 bridgehead atoms. The first-order valence-electron chi connectivity index (χ1n) is 9.34. The van der Waals surface area contributed by atoms with Crippen LogP contribution in [0.3, 0.4) is 0 Å². The van der Waals surface area contributed by atoms with Gasteiger partial charge in [-0.05, 0) is 36.9 Å². The fourth-order valence-electron chi connectivity index (χ4n) is 3.44. The lowest BCUT2D eigenvalue weighted by atomic mass is 10.1. The summed E-state index contributed by atoms with van der Waals surface area (Å²) in [6, 6.07) is 9.72. The second-order valence-corrected chi connectivity index (χ2v) is 7.17. The third-order valence-electron chi connectivity index (χ3n) is 5.09. The number of hydrogen-bond acceptors (Lipinski definition) is 4. The fourth-order valence-corrected chi connectivity index (χ4v) is 3.44. The lowest BCUT2D eigenvalue weighted by Gasteiger charge is -2.17. The number of carbonyl (C=O) groups is 1.